The number of benzene rings is 2. The fourth-order valence-electron chi connectivity index (χ4n) is 10.9. The van der Waals surface area contributed by atoms with Crippen molar-refractivity contribution in [1.82, 2.24) is 59.1 Å². The van der Waals surface area contributed by atoms with Gasteiger partial charge in [0.05, 0.1) is 47.4 Å². The number of likely N-dealkylation sites (tertiary alicyclic amines) is 1. The van der Waals surface area contributed by atoms with Gasteiger partial charge in [-0.1, -0.05) is 102 Å². The second-order valence-corrected chi connectivity index (χ2v) is 33.7. The van der Waals surface area contributed by atoms with E-state index in [1.807, 2.05) is 86.3 Å². The van der Waals surface area contributed by atoms with Gasteiger partial charge in [0.15, 0.2) is 5.03 Å². The van der Waals surface area contributed by atoms with Crippen LogP contribution in [0, 0.1) is 64.4 Å². The second kappa shape index (κ2) is 57.3. The van der Waals surface area contributed by atoms with E-state index in [1.165, 1.54) is 117 Å². The molecule has 0 spiro atoms. The first-order valence-electron chi connectivity index (χ1n) is 35.6. The van der Waals surface area contributed by atoms with E-state index in [0.29, 0.717) is 40.2 Å². The summed E-state index contributed by atoms with van der Waals surface area (Å²) in [4.78, 5) is 76.4. The summed E-state index contributed by atoms with van der Waals surface area (Å²) in [5.74, 6) is 2.16. The van der Waals surface area contributed by atoms with Gasteiger partial charge in [-0.05, 0) is 172 Å². The van der Waals surface area contributed by atoms with E-state index in [0.717, 1.165) is 79.5 Å². The third kappa shape index (κ3) is 40.2. The average Bonchev–Trinajstić information content (AvgIpc) is 1.69. The molecule has 1 saturated heterocycles. The number of fused-ring (bicyclic) bond motifs is 2. The van der Waals surface area contributed by atoms with Crippen molar-refractivity contribution in [1.29, 1.82) is 0 Å². The number of sulfone groups is 1. The number of thioether (sulfide) groups is 1. The van der Waals surface area contributed by atoms with Gasteiger partial charge in [0.25, 0.3) is 5.03 Å². The standard InChI is InChI=1S/C20H30N2O3.C20H28N2O3.C7H11N3O4S.C7H11N3O2S.C4H4ClN3O2.C4H5N3O2.C3H3N3O2.C3H8S.3CH4S.6CH4/c2*1-12-10-16(21)18-15(11-13(2)24-18)17(12)14-6-8-22(9-7-14)19(23)25-20(3,4)5;1-5(2)15(13,14)7-6(10(11)12)4-9(3)8-7;1-5(2)13-7-6(10(11)12)4-9(3)8-7;1-7-2-3(8(9)10)4(5)6-7;1-6-3-4(2-5-6)7(8)9;7-6(8)3-1-4-5-2-3;1-3(2)4;3*1-2;;;;;;/h10,13-14H,6-9,11,21H2,1-5H3;6,10,13H,7-9,11,21H2,1-5H3;4-5H,1-3H3;4-5H,1-3H3;2H,1H3;2-3H,1H3;1-2H,(H,4,5);3-4H,1-2H3;3*2H,1H3;6*1H4/t2*13-;;;;;;;;;;;;;;;/m11.............../s1. The molecule has 1 fully saturated rings. The van der Waals surface area contributed by atoms with Crippen molar-refractivity contribution in [2.45, 2.75) is 243 Å². The third-order valence-electron chi connectivity index (χ3n) is 15.4. The summed E-state index contributed by atoms with van der Waals surface area (Å²) in [6.07, 6.45) is 20.3. The number of ether oxygens (including phenoxy) is 4. The number of nitrogens with two attached hydrogens (primary N) is 2. The van der Waals surface area contributed by atoms with Crippen molar-refractivity contribution in [3.05, 3.63) is 151 Å². The van der Waals surface area contributed by atoms with Crippen molar-refractivity contribution < 1.29 is 61.6 Å². The number of nitrogen functional groups attached to an aromatic ring is 2. The molecule has 4 aliphatic rings. The molecular formula is C77H136ClN19O18S6. The molecule has 121 heavy (non-hydrogen) atoms. The molecule has 7 aromatic rings. The number of nitrogens with one attached hydrogen (secondary N) is 1. The molecule has 5 aromatic heterocycles. The molecule has 0 radical (unpaired) electrons. The summed E-state index contributed by atoms with van der Waals surface area (Å²) in [6.45, 7) is 33.4. The Morgan fingerprint density at radius 2 is 1.05 bits per heavy atom. The van der Waals surface area contributed by atoms with Gasteiger partial charge in [-0.25, -0.2) is 18.0 Å². The van der Waals surface area contributed by atoms with Crippen molar-refractivity contribution in [2.75, 3.05) is 56.4 Å². The molecule has 4 aliphatic heterocycles. The highest BCUT2D eigenvalue weighted by molar-refractivity contribution is 8.00. The van der Waals surface area contributed by atoms with Crippen LogP contribution >= 0.6 is 73.9 Å². The predicted octanol–water partition coefficient (Wildman–Crippen LogP) is 18.7. The van der Waals surface area contributed by atoms with Crippen LogP contribution in [0.4, 0.5) is 49.4 Å². The van der Waals surface area contributed by atoms with E-state index < -0.39 is 61.6 Å². The second-order valence-electron chi connectivity index (χ2n) is 28.3. The zero-order valence-corrected chi connectivity index (χ0v) is 75.2. The van der Waals surface area contributed by atoms with Crippen LogP contribution in [0.15, 0.2) is 71.6 Å². The first-order chi connectivity index (χ1) is 53.4. The average molecular weight is 1840 g/mol. The number of carbonyl (C=O) groups excluding carboxylic acids is 2. The summed E-state index contributed by atoms with van der Waals surface area (Å²) < 4.78 is 51.4. The van der Waals surface area contributed by atoms with Gasteiger partial charge in [0, 0.05) is 83.6 Å². The zero-order chi connectivity index (χ0) is 88.7. The molecule has 0 aliphatic carbocycles. The Morgan fingerprint density at radius 3 is 1.41 bits per heavy atom. The lowest BCUT2D eigenvalue weighted by molar-refractivity contribution is -0.388. The number of nitro groups is 5. The molecule has 9 heterocycles. The van der Waals surface area contributed by atoms with Crippen molar-refractivity contribution in [3.8, 4) is 11.5 Å². The number of hydrogen-bond acceptors (Lipinski definition) is 30. The highest BCUT2D eigenvalue weighted by Crippen LogP contribution is 2.45. The minimum atomic E-state index is -3.71. The van der Waals surface area contributed by atoms with Crippen LogP contribution < -0.4 is 20.9 Å². The molecule has 37 nitrogen and oxygen atoms in total. The number of halogens is 1. The monoisotopic (exact) mass is 1840 g/mol. The number of rotatable bonds is 11. The summed E-state index contributed by atoms with van der Waals surface area (Å²) in [7, 11) is 2.61. The fraction of sp³-hybridized carbons (Fsp3) is 0.597. The number of aromatic nitrogens is 10. The van der Waals surface area contributed by atoms with Crippen LogP contribution in [-0.4, -0.2) is 188 Å². The van der Waals surface area contributed by atoms with Crippen molar-refractivity contribution in [3.63, 3.8) is 0 Å². The number of amides is 2. The molecule has 2 amide bonds. The maximum Gasteiger partial charge on any atom is 0.410 e. The van der Waals surface area contributed by atoms with E-state index in [1.54, 1.807) is 44.8 Å². The Balaban J connectivity index is -0.000000321. The first kappa shape index (κ1) is 123. The third-order valence-corrected chi connectivity index (χ3v) is 18.7. The van der Waals surface area contributed by atoms with Crippen molar-refractivity contribution >= 4 is 141 Å². The number of anilines is 2. The molecule has 0 bridgehead atoms. The van der Waals surface area contributed by atoms with E-state index >= 15 is 0 Å². The smallest absolute Gasteiger partial charge is 0.410 e. The predicted molar refractivity (Wildman–Crippen MR) is 501 cm³/mol. The summed E-state index contributed by atoms with van der Waals surface area (Å²) in [5.41, 5.74) is 21.1. The lowest BCUT2D eigenvalue weighted by atomic mass is 9.82. The highest BCUT2D eigenvalue weighted by atomic mass is 35.5. The topological polar surface area (TPSA) is 479 Å². The Labute approximate surface area is 746 Å². The molecule has 0 saturated carbocycles. The SMILES string of the molecule is C.C.C.C.C.C.CC(C)S.CC(C)S(=O)(=O)c1nn(C)cc1[N+](=O)[O-].CC(C)Sc1nn(C)cc1[N+](=O)[O-].CS.CS.CS.Cc1cc(N)c2c(c1C1=CCN(C(=O)OC(C)(C)C)CC1)C[C@@H](C)O2.Cc1cc(N)c2c(c1C1CCN(C(=O)OC(C)(C)C)CC1)C[C@@H](C)O2.Cn1cc([N+](=O)[O-])c(Cl)n1.Cn1cc([N+](=O)[O-])cn1.O=[N+]([O-])c1cn[nH]c1. The van der Waals surface area contributed by atoms with Gasteiger partial charge in [0.1, 0.15) is 72.1 Å². The molecule has 2 atom stereocenters. The van der Waals surface area contributed by atoms with Gasteiger partial charge >= 0.3 is 40.6 Å². The number of H-pyrrole nitrogens is 1. The molecule has 0 unspecified atom stereocenters. The number of carbonyl (C=O) groups is 2. The van der Waals surface area contributed by atoms with E-state index in [4.69, 9.17) is 42.0 Å². The van der Waals surface area contributed by atoms with Crippen LogP contribution in [-0.2, 0) is 60.3 Å². The molecule has 690 valence electrons. The summed E-state index contributed by atoms with van der Waals surface area (Å²) >= 11 is 21.3. The van der Waals surface area contributed by atoms with Crippen LogP contribution in [0.25, 0.3) is 5.57 Å². The van der Waals surface area contributed by atoms with E-state index in [2.05, 4.69) is 115 Å². The van der Waals surface area contributed by atoms with Crippen LogP contribution in [0.1, 0.15) is 200 Å². The largest absolute Gasteiger partial charge is 0.488 e. The lowest BCUT2D eigenvalue weighted by Crippen LogP contribution is -2.41. The Hall–Kier alpha value is -9.04. The zero-order valence-electron chi connectivity index (χ0n) is 69.2. The van der Waals surface area contributed by atoms with Gasteiger partial charge in [0.2, 0.25) is 15.0 Å². The number of piperidine rings is 1. The molecular weight excluding hydrogens is 1710 g/mol. The Morgan fingerprint density at radius 1 is 0.620 bits per heavy atom. The fourth-order valence-corrected chi connectivity index (χ4v) is 13.2. The van der Waals surface area contributed by atoms with Crippen LogP contribution in [0.3, 0.4) is 0 Å². The highest BCUT2D eigenvalue weighted by Gasteiger charge is 2.36. The number of aryl methyl sites for hydroxylation is 6. The van der Waals surface area contributed by atoms with Gasteiger partial charge < -0.3 is 40.2 Å². The first-order valence-corrected chi connectivity index (χ1v) is 41.6. The quantitative estimate of drug-likeness (QED) is 0.0208. The number of aromatic amines is 1. The van der Waals surface area contributed by atoms with E-state index in [9.17, 15) is 68.6 Å². The van der Waals surface area contributed by atoms with Gasteiger partial charge in [-0.15, -0.1) is 0 Å². The lowest BCUT2D eigenvalue weighted by Gasteiger charge is -2.34. The van der Waals surface area contributed by atoms with Gasteiger partial charge in [-0.2, -0.15) is 76.0 Å². The maximum absolute atomic E-state index is 12.3. The summed E-state index contributed by atoms with van der Waals surface area (Å²) in [5, 5.41) is 71.6. The van der Waals surface area contributed by atoms with Crippen LogP contribution in [0.2, 0.25) is 5.15 Å². The normalized spacial score (nSPS) is 13.7. The number of hydrogen-bond donors (Lipinski definition) is 7. The molecule has 5 N–H and O–H groups in total. The molecule has 11 rings (SSSR count). The van der Waals surface area contributed by atoms with Crippen molar-refractivity contribution in [2.24, 2.45) is 28.2 Å². The number of thiol groups is 4. The minimum absolute atomic E-state index is 0. The van der Waals surface area contributed by atoms with E-state index in [-0.39, 0.29) is 96.9 Å². The molecule has 2 aromatic carbocycles. The Bertz CT molecular complexity index is 4470. The minimum Gasteiger partial charge on any atom is -0.488 e. The Kier molecular flexibility index (Phi) is 58.2. The summed E-state index contributed by atoms with van der Waals surface area (Å²) in [6, 6.07) is 4.03. The van der Waals surface area contributed by atoms with Gasteiger partial charge in [-0.3, -0.25) is 74.4 Å². The number of nitrogens with zero attached hydrogens (tertiary/aromatic N) is 16. The van der Waals surface area contributed by atoms with Crippen LogP contribution in [0.5, 0.6) is 11.5 Å². The molecule has 44 heteroatoms. The maximum atomic E-state index is 12.3.